The van der Waals surface area contributed by atoms with Gasteiger partial charge in [-0.2, -0.15) is 27.7 Å². The van der Waals surface area contributed by atoms with E-state index in [-0.39, 0.29) is 24.3 Å². The van der Waals surface area contributed by atoms with Crippen LogP contribution in [0, 0.1) is 16.6 Å². The highest BCUT2D eigenvalue weighted by Crippen LogP contribution is 2.78. The van der Waals surface area contributed by atoms with Crippen molar-refractivity contribution in [1.29, 1.82) is 0 Å². The maximum atomic E-state index is 13.6. The summed E-state index contributed by atoms with van der Waals surface area (Å²) in [6.07, 6.45) is 2.48. The van der Waals surface area contributed by atoms with Crippen molar-refractivity contribution in [3.63, 3.8) is 0 Å². The van der Waals surface area contributed by atoms with Gasteiger partial charge in [0, 0.05) is 31.7 Å². The predicted molar refractivity (Wildman–Crippen MR) is 128 cm³/mol. The van der Waals surface area contributed by atoms with Gasteiger partial charge < -0.3 is 5.11 Å². The molecule has 1 aromatic carbocycles. The number of fused-ring (bicyclic) bond motifs is 1. The number of rotatable bonds is 7. The lowest BCUT2D eigenvalue weighted by atomic mass is 9.82. The number of aromatic nitrogens is 4. The number of sulfonamides is 1. The Bertz CT molecular complexity index is 1560. The molecule has 13 heteroatoms. The first-order valence-electron chi connectivity index (χ1n) is 12.2. The molecular formula is C25H25F4N5O3S. The number of aliphatic hydroxyl groups excluding tert-OH is 1. The van der Waals surface area contributed by atoms with Gasteiger partial charge in [-0.25, -0.2) is 17.5 Å². The van der Waals surface area contributed by atoms with E-state index in [1.54, 1.807) is 23.0 Å². The van der Waals surface area contributed by atoms with Crippen molar-refractivity contribution >= 4 is 16.1 Å². The zero-order valence-electron chi connectivity index (χ0n) is 20.4. The highest BCUT2D eigenvalue weighted by Gasteiger charge is 2.72. The molecule has 38 heavy (non-hydrogen) atoms. The Kier molecular flexibility index (Phi) is 5.47. The Balaban J connectivity index is 1.32. The number of allylic oxidation sites excluding steroid dienone is 1. The van der Waals surface area contributed by atoms with Gasteiger partial charge in [0.15, 0.2) is 5.69 Å². The molecule has 6 rings (SSSR count). The van der Waals surface area contributed by atoms with E-state index in [0.29, 0.717) is 19.3 Å². The molecule has 0 amide bonds. The number of alkyl halides is 3. The highest BCUT2D eigenvalue weighted by atomic mass is 32.2. The maximum absolute atomic E-state index is 13.6. The Labute approximate surface area is 216 Å². The minimum absolute atomic E-state index is 0.000851. The summed E-state index contributed by atoms with van der Waals surface area (Å²) in [5, 5.41) is 17.5. The molecule has 1 spiro atoms. The van der Waals surface area contributed by atoms with E-state index < -0.39 is 38.8 Å². The molecule has 0 bridgehead atoms. The fraction of sp³-hybridized carbons (Fsp3) is 0.440. The van der Waals surface area contributed by atoms with Crippen LogP contribution in [0.3, 0.4) is 0 Å². The predicted octanol–water partition coefficient (Wildman–Crippen LogP) is 3.56. The van der Waals surface area contributed by atoms with Crippen LogP contribution in [-0.4, -0.2) is 57.1 Å². The average Bonchev–Trinajstić information content (AvgIpc) is 3.20. The van der Waals surface area contributed by atoms with E-state index in [2.05, 4.69) is 16.3 Å². The molecule has 8 nitrogen and oxygen atoms in total. The van der Waals surface area contributed by atoms with Crippen LogP contribution in [0.15, 0.2) is 47.1 Å². The van der Waals surface area contributed by atoms with E-state index in [9.17, 15) is 31.1 Å². The number of hydrogen-bond acceptors (Lipinski definition) is 5. The van der Waals surface area contributed by atoms with Crippen molar-refractivity contribution in [3.05, 3.63) is 65.0 Å². The normalized spacial score (nSPS) is 24.2. The lowest BCUT2D eigenvalue weighted by Gasteiger charge is -2.29. The number of halogens is 4. The minimum Gasteiger partial charge on any atom is -0.395 e. The summed E-state index contributed by atoms with van der Waals surface area (Å²) >= 11 is 0. The van der Waals surface area contributed by atoms with Gasteiger partial charge in [0.25, 0.3) is 0 Å². The number of hydrogen-bond donors (Lipinski definition) is 1. The van der Waals surface area contributed by atoms with Crippen LogP contribution in [-0.2, 0) is 29.7 Å². The molecule has 3 aliphatic carbocycles. The Morgan fingerprint density at radius 3 is 2.63 bits per heavy atom. The molecule has 2 saturated carbocycles. The Hall–Kier alpha value is -3.03. The molecule has 2 aromatic heterocycles. The van der Waals surface area contributed by atoms with Crippen LogP contribution in [0.5, 0.6) is 0 Å². The van der Waals surface area contributed by atoms with Crippen LogP contribution in [0.4, 0.5) is 17.6 Å². The van der Waals surface area contributed by atoms with E-state index in [1.807, 2.05) is 0 Å². The van der Waals surface area contributed by atoms with Gasteiger partial charge in [0.05, 0.1) is 24.2 Å². The van der Waals surface area contributed by atoms with Crippen molar-refractivity contribution in [2.24, 2.45) is 17.9 Å². The zero-order valence-corrected chi connectivity index (χ0v) is 21.2. The highest BCUT2D eigenvalue weighted by molar-refractivity contribution is 7.89. The van der Waals surface area contributed by atoms with Gasteiger partial charge in [-0.3, -0.25) is 4.68 Å². The second kappa shape index (κ2) is 8.23. The van der Waals surface area contributed by atoms with Crippen molar-refractivity contribution in [2.45, 2.75) is 36.8 Å². The quantitative estimate of drug-likeness (QED) is 0.454. The van der Waals surface area contributed by atoms with E-state index >= 15 is 0 Å². The topological polar surface area (TPSA) is 93.3 Å². The van der Waals surface area contributed by atoms with Crippen molar-refractivity contribution < 1.29 is 31.1 Å². The monoisotopic (exact) mass is 551 g/mol. The van der Waals surface area contributed by atoms with Crippen LogP contribution in [0.2, 0.25) is 0 Å². The molecule has 3 aromatic rings. The summed E-state index contributed by atoms with van der Waals surface area (Å²) in [4.78, 5) is -0.910. The van der Waals surface area contributed by atoms with Gasteiger partial charge in [-0.1, -0.05) is 5.57 Å². The molecule has 2 atom stereocenters. The summed E-state index contributed by atoms with van der Waals surface area (Å²) < 4.78 is 84.8. The second-order valence-corrected chi connectivity index (χ2v) is 12.3. The second-order valence-electron chi connectivity index (χ2n) is 10.4. The third-order valence-corrected chi connectivity index (χ3v) is 10.1. The SMILES string of the molecule is Cn1cc(S(=O)(=O)N(CCO)C[C@@]23CCC4=Cc5c(cnn5-c5ccc(F)cc5)C[C@@]42C3)c(C(F)(F)F)n1. The lowest BCUT2D eigenvalue weighted by molar-refractivity contribution is -0.143. The van der Waals surface area contributed by atoms with E-state index in [1.165, 1.54) is 19.2 Å². The molecule has 2 heterocycles. The fourth-order valence-electron chi connectivity index (χ4n) is 6.47. The first kappa shape index (κ1) is 25.3. The Morgan fingerprint density at radius 2 is 1.95 bits per heavy atom. The van der Waals surface area contributed by atoms with Crippen LogP contribution < -0.4 is 0 Å². The molecule has 0 saturated heterocycles. The van der Waals surface area contributed by atoms with Gasteiger partial charge in [-0.15, -0.1) is 0 Å². The molecule has 1 N–H and O–H groups in total. The number of benzene rings is 1. The van der Waals surface area contributed by atoms with Crippen molar-refractivity contribution in [1.82, 2.24) is 23.9 Å². The zero-order chi connectivity index (χ0) is 27.1. The van der Waals surface area contributed by atoms with Gasteiger partial charge in [-0.05, 0) is 67.0 Å². The standard InChI is InChI=1S/C25H25F4N5O3S/c1-32-13-21(22(31-32)25(27,28)29)38(36,37)33(8-9-35)15-23-7-6-17-10-20-16(11-24(17,23)14-23)12-30-34(20)19-4-2-18(26)3-5-19/h2-5,10,12-13,35H,6-9,11,14-15H2,1H3/t23-,24+/m0/s1. The fourth-order valence-corrected chi connectivity index (χ4v) is 8.18. The smallest absolute Gasteiger partial charge is 0.395 e. The minimum atomic E-state index is -4.94. The number of aliphatic hydroxyl groups is 1. The first-order chi connectivity index (χ1) is 17.9. The van der Waals surface area contributed by atoms with E-state index in [0.717, 1.165) is 44.1 Å². The molecule has 0 unspecified atom stereocenters. The number of aryl methyl sites for hydroxylation is 1. The molecule has 2 fully saturated rings. The largest absolute Gasteiger partial charge is 0.436 e. The summed E-state index contributed by atoms with van der Waals surface area (Å²) in [5.41, 5.74) is 1.53. The van der Waals surface area contributed by atoms with Crippen LogP contribution in [0.1, 0.15) is 36.2 Å². The van der Waals surface area contributed by atoms with Crippen LogP contribution >= 0.6 is 0 Å². The van der Waals surface area contributed by atoms with Crippen molar-refractivity contribution in [3.8, 4) is 5.69 Å². The van der Waals surface area contributed by atoms with Gasteiger partial charge in [0.2, 0.25) is 10.0 Å². The molecule has 202 valence electrons. The van der Waals surface area contributed by atoms with E-state index in [4.69, 9.17) is 0 Å². The van der Waals surface area contributed by atoms with Crippen molar-refractivity contribution in [2.75, 3.05) is 19.7 Å². The van der Waals surface area contributed by atoms with Crippen LogP contribution in [0.25, 0.3) is 11.8 Å². The third-order valence-electron chi connectivity index (χ3n) is 8.29. The molecular weight excluding hydrogens is 526 g/mol. The molecule has 3 aliphatic rings. The number of nitrogens with zero attached hydrogens (tertiary/aromatic N) is 5. The maximum Gasteiger partial charge on any atom is 0.436 e. The average molecular weight is 552 g/mol. The molecule has 0 aliphatic heterocycles. The molecule has 0 radical (unpaired) electrons. The summed E-state index contributed by atoms with van der Waals surface area (Å²) in [6.45, 7) is -0.846. The summed E-state index contributed by atoms with van der Waals surface area (Å²) in [7, 11) is -3.35. The van der Waals surface area contributed by atoms with Gasteiger partial charge in [0.1, 0.15) is 10.7 Å². The third kappa shape index (κ3) is 3.66. The summed E-state index contributed by atoms with van der Waals surface area (Å²) in [5.74, 6) is -0.346. The van der Waals surface area contributed by atoms with Gasteiger partial charge >= 0.3 is 6.18 Å². The first-order valence-corrected chi connectivity index (χ1v) is 13.6. The lowest BCUT2D eigenvalue weighted by Crippen LogP contribution is -2.40. The summed E-state index contributed by atoms with van der Waals surface area (Å²) in [6, 6.07) is 6.02. The Morgan fingerprint density at radius 1 is 1.21 bits per heavy atom.